The van der Waals surface area contributed by atoms with E-state index in [1.807, 2.05) is 44.2 Å². The average Bonchev–Trinajstić information content (AvgIpc) is 3.36. The molecule has 52 heavy (non-hydrogen) atoms. The van der Waals surface area contributed by atoms with Crippen molar-refractivity contribution in [2.45, 2.75) is 70.7 Å². The number of hydrogen-bond donors (Lipinski definition) is 3. The number of imide groups is 1. The highest BCUT2D eigenvalue weighted by molar-refractivity contribution is 7.89. The maximum absolute atomic E-state index is 14.1. The van der Waals surface area contributed by atoms with Crippen molar-refractivity contribution >= 4 is 39.9 Å². The number of benzene rings is 3. The van der Waals surface area contributed by atoms with Crippen LogP contribution in [0, 0.1) is 11.8 Å². The van der Waals surface area contributed by atoms with E-state index in [1.165, 1.54) is 46.6 Å². The zero-order chi connectivity index (χ0) is 38.2. The Morgan fingerprint density at radius 3 is 2.19 bits per heavy atom. The van der Waals surface area contributed by atoms with Crippen molar-refractivity contribution in [2.75, 3.05) is 19.6 Å². The number of carbonyl (C=O) groups excluding carboxylic acids is 4. The second-order valence-corrected chi connectivity index (χ2v) is 15.7. The lowest BCUT2D eigenvalue weighted by Crippen LogP contribution is -2.57. The third kappa shape index (κ3) is 9.90. The van der Waals surface area contributed by atoms with Crippen LogP contribution in [0.1, 0.15) is 61.7 Å². The smallest absolute Gasteiger partial charge is 0.328 e. The number of rotatable bonds is 17. The Morgan fingerprint density at radius 1 is 0.942 bits per heavy atom. The largest absolute Gasteiger partial charge is 0.411 e. The van der Waals surface area contributed by atoms with E-state index < -0.39 is 52.0 Å². The number of hydrogen-bond acceptors (Lipinski definition) is 9. The van der Waals surface area contributed by atoms with Gasteiger partial charge in [0.15, 0.2) is 5.78 Å². The summed E-state index contributed by atoms with van der Waals surface area (Å²) in [5, 5.41) is 26.5. The van der Waals surface area contributed by atoms with Crippen LogP contribution in [-0.2, 0) is 32.6 Å². The first kappa shape index (κ1) is 39.9. The second kappa shape index (κ2) is 17.5. The first-order valence-corrected chi connectivity index (χ1v) is 18.6. The Morgan fingerprint density at radius 2 is 1.60 bits per heavy atom. The molecule has 278 valence electrons. The zero-order valence-corrected chi connectivity index (χ0v) is 30.9. The molecule has 0 saturated carbocycles. The van der Waals surface area contributed by atoms with Crippen LogP contribution in [0.2, 0.25) is 0 Å². The fourth-order valence-electron chi connectivity index (χ4n) is 6.18. The highest BCUT2D eigenvalue weighted by Crippen LogP contribution is 2.24. The maximum Gasteiger partial charge on any atom is 0.328 e. The van der Waals surface area contributed by atoms with Gasteiger partial charge in [0.2, 0.25) is 15.9 Å². The third-order valence-electron chi connectivity index (χ3n) is 8.77. The molecule has 1 fully saturated rings. The first-order valence-electron chi connectivity index (χ1n) is 17.1. The molecule has 3 N–H and O–H groups in total. The van der Waals surface area contributed by atoms with E-state index in [9.17, 15) is 32.7 Å². The Balaban J connectivity index is 1.59. The minimum Gasteiger partial charge on any atom is -0.411 e. The van der Waals surface area contributed by atoms with Gasteiger partial charge >= 0.3 is 6.03 Å². The lowest BCUT2D eigenvalue weighted by atomic mass is 9.97. The standard InChI is InChI=1S/C38H47N5O8S/c1-25(2)21-41(52(50,51)32-16-14-29(15-17-32)20-39-49)23-34(45)33(19-28-10-7-6-8-11-28)40-37(47)36(26(3)4)43-24-35(46)42(38(43)48)22-30-12-9-13-31(18-30)27(5)44/h6-18,20,25-26,33-34,36,45,49H,19,21-24H2,1-5H3,(H,40,47)/b39-20+/t33-,34+,36-/m0/s1. The van der Waals surface area contributed by atoms with Crippen LogP contribution < -0.4 is 5.32 Å². The predicted octanol–water partition coefficient (Wildman–Crippen LogP) is 3.92. The third-order valence-corrected chi connectivity index (χ3v) is 10.6. The van der Waals surface area contributed by atoms with Crippen LogP contribution in [0.25, 0.3) is 0 Å². The fourth-order valence-corrected chi connectivity index (χ4v) is 7.81. The number of ketones is 1. The van der Waals surface area contributed by atoms with Crippen molar-refractivity contribution in [1.29, 1.82) is 0 Å². The molecular weight excluding hydrogens is 687 g/mol. The van der Waals surface area contributed by atoms with Gasteiger partial charge in [-0.2, -0.15) is 4.31 Å². The molecule has 0 aliphatic carbocycles. The zero-order valence-electron chi connectivity index (χ0n) is 30.0. The van der Waals surface area contributed by atoms with Crippen molar-refractivity contribution in [3.63, 3.8) is 0 Å². The van der Waals surface area contributed by atoms with Gasteiger partial charge in [-0.3, -0.25) is 19.3 Å². The van der Waals surface area contributed by atoms with Gasteiger partial charge in [-0.05, 0) is 60.1 Å². The molecular formula is C38H47N5O8S. The predicted molar refractivity (Wildman–Crippen MR) is 195 cm³/mol. The molecule has 4 amide bonds. The summed E-state index contributed by atoms with van der Waals surface area (Å²) in [7, 11) is -4.11. The van der Waals surface area contributed by atoms with Gasteiger partial charge in [0, 0.05) is 18.7 Å². The fraction of sp³-hybridized carbons (Fsp3) is 0.395. The minimum atomic E-state index is -4.11. The van der Waals surface area contributed by atoms with Crippen molar-refractivity contribution < 1.29 is 37.9 Å². The number of aliphatic hydroxyl groups excluding tert-OH is 1. The molecule has 0 aromatic heterocycles. The summed E-state index contributed by atoms with van der Waals surface area (Å²) < 4.78 is 28.9. The summed E-state index contributed by atoms with van der Waals surface area (Å²) >= 11 is 0. The molecule has 0 spiro atoms. The van der Waals surface area contributed by atoms with E-state index in [0.717, 1.165) is 10.5 Å². The van der Waals surface area contributed by atoms with Gasteiger partial charge in [-0.25, -0.2) is 13.2 Å². The lowest BCUT2D eigenvalue weighted by molar-refractivity contribution is -0.129. The second-order valence-electron chi connectivity index (χ2n) is 13.7. The normalized spacial score (nSPS) is 15.6. The molecule has 1 heterocycles. The SMILES string of the molecule is CC(=O)c1cccc(CN2C(=O)CN([C@H](C(=O)N[C@@H](Cc3ccccc3)[C@H](O)CN(CC(C)C)S(=O)(=O)c3ccc(/C=N/O)cc3)C(C)C)C2=O)c1. The number of aliphatic hydroxyl groups is 1. The van der Waals surface area contributed by atoms with E-state index in [2.05, 4.69) is 10.5 Å². The first-order chi connectivity index (χ1) is 24.6. The molecule has 13 nitrogen and oxygen atoms in total. The Hall–Kier alpha value is -4.92. The van der Waals surface area contributed by atoms with Crippen LogP contribution in [0.3, 0.4) is 0 Å². The number of nitrogens with one attached hydrogen (secondary N) is 1. The summed E-state index contributed by atoms with van der Waals surface area (Å²) in [5.41, 5.74) is 2.30. The van der Waals surface area contributed by atoms with Crippen LogP contribution >= 0.6 is 0 Å². The monoisotopic (exact) mass is 733 g/mol. The maximum atomic E-state index is 14.1. The minimum absolute atomic E-state index is 0.0197. The molecule has 4 rings (SSSR count). The molecule has 1 aliphatic rings. The van der Waals surface area contributed by atoms with E-state index in [1.54, 1.807) is 38.1 Å². The summed E-state index contributed by atoms with van der Waals surface area (Å²) in [6.07, 6.45) is -0.0630. The summed E-state index contributed by atoms with van der Waals surface area (Å²) in [6, 6.07) is 18.8. The Kier molecular flexibility index (Phi) is 13.4. The highest BCUT2D eigenvalue weighted by Gasteiger charge is 2.44. The quantitative estimate of drug-likeness (QED) is 0.0615. The molecule has 3 aromatic carbocycles. The van der Waals surface area contributed by atoms with Gasteiger partial charge < -0.3 is 20.5 Å². The number of nitrogens with zero attached hydrogens (tertiary/aromatic N) is 4. The number of amides is 4. The van der Waals surface area contributed by atoms with Gasteiger partial charge in [0.25, 0.3) is 5.91 Å². The van der Waals surface area contributed by atoms with Gasteiger partial charge in [0.1, 0.15) is 12.6 Å². The number of oxime groups is 1. The van der Waals surface area contributed by atoms with Crippen LogP contribution in [0.15, 0.2) is 88.9 Å². The van der Waals surface area contributed by atoms with E-state index in [0.29, 0.717) is 16.7 Å². The number of carbonyl (C=O) groups is 4. The highest BCUT2D eigenvalue weighted by atomic mass is 32.2. The molecule has 0 bridgehead atoms. The molecule has 3 atom stereocenters. The molecule has 14 heteroatoms. The van der Waals surface area contributed by atoms with Gasteiger partial charge in [-0.15, -0.1) is 0 Å². The van der Waals surface area contributed by atoms with Crippen LogP contribution in [-0.4, -0.2) is 101 Å². The van der Waals surface area contributed by atoms with Gasteiger partial charge in [0.05, 0.1) is 29.8 Å². The molecule has 1 aliphatic heterocycles. The molecule has 0 radical (unpaired) electrons. The van der Waals surface area contributed by atoms with Crippen LogP contribution in [0.4, 0.5) is 4.79 Å². The topological polar surface area (TPSA) is 177 Å². The molecule has 3 aromatic rings. The summed E-state index contributed by atoms with van der Waals surface area (Å²) in [4.78, 5) is 55.1. The average molecular weight is 734 g/mol. The number of urea groups is 1. The Labute approximate surface area is 305 Å². The van der Waals surface area contributed by atoms with E-state index in [-0.39, 0.29) is 49.2 Å². The molecule has 0 unspecified atom stereocenters. The number of sulfonamides is 1. The van der Waals surface area contributed by atoms with Crippen molar-refractivity contribution in [3.8, 4) is 0 Å². The molecule has 1 saturated heterocycles. The van der Waals surface area contributed by atoms with Crippen molar-refractivity contribution in [3.05, 3.63) is 101 Å². The van der Waals surface area contributed by atoms with Gasteiger partial charge in [-0.1, -0.05) is 93.5 Å². The van der Waals surface area contributed by atoms with E-state index >= 15 is 0 Å². The Bertz CT molecular complexity index is 1870. The van der Waals surface area contributed by atoms with E-state index in [4.69, 9.17) is 5.21 Å². The lowest BCUT2D eigenvalue weighted by Gasteiger charge is -2.34. The summed E-state index contributed by atoms with van der Waals surface area (Å²) in [5.74, 6) is -1.80. The van der Waals surface area contributed by atoms with Crippen molar-refractivity contribution in [1.82, 2.24) is 19.4 Å². The van der Waals surface area contributed by atoms with Crippen LogP contribution in [0.5, 0.6) is 0 Å². The number of Topliss-reactive ketones (excluding diaryl/α,β-unsaturated/α-hetero) is 1. The van der Waals surface area contributed by atoms with Crippen molar-refractivity contribution in [2.24, 2.45) is 17.0 Å². The summed E-state index contributed by atoms with van der Waals surface area (Å²) in [6.45, 7) is 7.95.